The normalized spacial score (nSPS) is 13.5. The van der Waals surface area contributed by atoms with Crippen LogP contribution in [0.5, 0.6) is 0 Å². The van der Waals surface area contributed by atoms with E-state index in [0.29, 0.717) is 12.8 Å². The Bertz CT molecular complexity index is 660. The maximum Gasteiger partial charge on any atom is 0.342 e. The van der Waals surface area contributed by atoms with Crippen molar-refractivity contribution in [2.45, 2.75) is 12.8 Å². The number of fused-ring (bicyclic) bond motifs is 1. The minimum atomic E-state index is -0.824. The van der Waals surface area contributed by atoms with Gasteiger partial charge in [0.05, 0.1) is 13.7 Å². The largest absolute Gasteiger partial charge is 0.465 e. The summed E-state index contributed by atoms with van der Waals surface area (Å²) in [6.07, 6.45) is 2.13. The second kappa shape index (κ2) is 6.21. The number of methoxy groups -OCH3 is 1. The van der Waals surface area contributed by atoms with Gasteiger partial charge in [0.25, 0.3) is 0 Å². The van der Waals surface area contributed by atoms with E-state index in [1.54, 1.807) is 18.2 Å². The zero-order valence-corrected chi connectivity index (χ0v) is 11.4. The summed E-state index contributed by atoms with van der Waals surface area (Å²) in [6.45, 7) is 0.192. The lowest BCUT2D eigenvalue weighted by Gasteiger charge is -2.14. The molecule has 6 nitrogen and oxygen atoms in total. The van der Waals surface area contributed by atoms with E-state index >= 15 is 0 Å². The Morgan fingerprint density at radius 1 is 1.24 bits per heavy atom. The summed E-state index contributed by atoms with van der Waals surface area (Å²) in [7, 11) is 1.15. The van der Waals surface area contributed by atoms with Crippen LogP contribution < -0.4 is 0 Å². The average molecular weight is 287 g/mol. The maximum atomic E-state index is 12.3. The summed E-state index contributed by atoms with van der Waals surface area (Å²) in [5, 5.41) is 2.77. The Morgan fingerprint density at radius 2 is 2.00 bits per heavy atom. The molecule has 0 N–H and O–H groups in total. The Morgan fingerprint density at radius 3 is 2.67 bits per heavy atom. The van der Waals surface area contributed by atoms with Crippen molar-refractivity contribution < 1.29 is 19.1 Å². The number of hydrogen-bond donors (Lipinski definition) is 0. The summed E-state index contributed by atoms with van der Waals surface area (Å²) >= 11 is 0. The number of aryl methyl sites for hydroxylation is 1. The van der Waals surface area contributed by atoms with Crippen molar-refractivity contribution in [3.05, 3.63) is 51.4 Å². The number of hydrogen-bond acceptors (Lipinski definition) is 6. The number of nitrogens with zero attached hydrogens (tertiary/aromatic N) is 1. The van der Waals surface area contributed by atoms with Crippen LogP contribution in [0.15, 0.2) is 35.0 Å². The first-order valence-electron chi connectivity index (χ1n) is 6.39. The summed E-state index contributed by atoms with van der Waals surface area (Å²) in [6, 6.07) is 4.87. The summed E-state index contributed by atoms with van der Waals surface area (Å²) in [5.41, 5.74) is 1.01. The Kier molecular flexibility index (Phi) is 4.37. The highest BCUT2D eigenvalue weighted by molar-refractivity contribution is 6.33. The van der Waals surface area contributed by atoms with Gasteiger partial charge in [0.1, 0.15) is 5.57 Å². The molecule has 0 amide bonds. The van der Waals surface area contributed by atoms with Crippen LogP contribution >= 0.6 is 0 Å². The molecule has 2 rings (SSSR count). The highest BCUT2D eigenvalue weighted by atomic mass is 16.5. The lowest BCUT2D eigenvalue weighted by Crippen LogP contribution is -2.23. The van der Waals surface area contributed by atoms with E-state index in [-0.39, 0.29) is 23.2 Å². The van der Waals surface area contributed by atoms with Crippen LogP contribution in [-0.4, -0.2) is 31.2 Å². The van der Waals surface area contributed by atoms with Crippen molar-refractivity contribution in [3.63, 3.8) is 0 Å². The van der Waals surface area contributed by atoms with Crippen molar-refractivity contribution in [1.82, 2.24) is 0 Å². The van der Waals surface area contributed by atoms with E-state index < -0.39 is 17.5 Å². The fraction of sp³-hybridized carbons (Fsp3) is 0.267. The van der Waals surface area contributed by atoms with Gasteiger partial charge >= 0.3 is 5.97 Å². The fourth-order valence-corrected chi connectivity index (χ4v) is 2.18. The summed E-state index contributed by atoms with van der Waals surface area (Å²) in [4.78, 5) is 45.8. The van der Waals surface area contributed by atoms with Crippen molar-refractivity contribution in [2.24, 2.45) is 5.18 Å². The van der Waals surface area contributed by atoms with Gasteiger partial charge in [-0.1, -0.05) is 17.3 Å². The lowest BCUT2D eigenvalue weighted by atomic mass is 9.87. The summed E-state index contributed by atoms with van der Waals surface area (Å²) < 4.78 is 4.51. The molecule has 0 heterocycles. The van der Waals surface area contributed by atoms with E-state index in [4.69, 9.17) is 0 Å². The molecule has 1 aromatic rings. The molecular formula is C15H13NO5. The molecule has 0 atom stereocenters. The van der Waals surface area contributed by atoms with Crippen LogP contribution in [0.1, 0.15) is 32.7 Å². The number of rotatable bonds is 5. The Labute approximate surface area is 120 Å². The molecule has 108 valence electrons. The number of ether oxygens (including phenoxy) is 1. The number of nitroso groups, excluding NO2 is 1. The van der Waals surface area contributed by atoms with Crippen LogP contribution in [-0.2, 0) is 16.0 Å². The zero-order valence-electron chi connectivity index (χ0n) is 11.4. The first-order valence-corrected chi connectivity index (χ1v) is 6.39. The number of esters is 1. The molecular weight excluding hydrogens is 274 g/mol. The molecule has 21 heavy (non-hydrogen) atoms. The molecule has 1 aromatic carbocycles. The van der Waals surface area contributed by atoms with E-state index in [9.17, 15) is 19.3 Å². The van der Waals surface area contributed by atoms with Crippen LogP contribution in [0.25, 0.3) is 0 Å². The first kappa shape index (κ1) is 14.8. The lowest BCUT2D eigenvalue weighted by molar-refractivity contribution is -0.135. The molecule has 0 unspecified atom stereocenters. The molecule has 0 radical (unpaired) electrons. The van der Waals surface area contributed by atoms with Gasteiger partial charge in [0.2, 0.25) is 5.78 Å². The smallest absolute Gasteiger partial charge is 0.342 e. The Balaban J connectivity index is 2.34. The molecule has 0 aliphatic heterocycles. The monoisotopic (exact) mass is 287 g/mol. The van der Waals surface area contributed by atoms with Gasteiger partial charge in [-0.05, 0) is 24.5 Å². The van der Waals surface area contributed by atoms with Gasteiger partial charge in [-0.2, -0.15) is 4.91 Å². The Hall–Kier alpha value is -2.63. The van der Waals surface area contributed by atoms with Crippen LogP contribution in [0.3, 0.4) is 0 Å². The molecule has 0 saturated heterocycles. The highest BCUT2D eigenvalue weighted by Gasteiger charge is 2.30. The first-order chi connectivity index (χ1) is 10.1. The maximum absolute atomic E-state index is 12.3. The van der Waals surface area contributed by atoms with Gasteiger partial charge < -0.3 is 4.74 Å². The van der Waals surface area contributed by atoms with E-state index in [0.717, 1.165) is 18.7 Å². The molecule has 0 saturated carbocycles. The minimum Gasteiger partial charge on any atom is -0.465 e. The molecule has 0 fully saturated rings. The van der Waals surface area contributed by atoms with Gasteiger partial charge in [0.15, 0.2) is 5.78 Å². The van der Waals surface area contributed by atoms with Gasteiger partial charge in [-0.25, -0.2) is 4.79 Å². The third kappa shape index (κ3) is 2.94. The van der Waals surface area contributed by atoms with E-state index in [1.807, 2.05) is 0 Å². The van der Waals surface area contributed by atoms with Crippen LogP contribution in [0.4, 0.5) is 0 Å². The number of carbonyl (C=O) groups is 3. The van der Waals surface area contributed by atoms with Crippen molar-refractivity contribution in [3.8, 4) is 0 Å². The fourth-order valence-electron chi connectivity index (χ4n) is 2.18. The zero-order chi connectivity index (χ0) is 15.4. The van der Waals surface area contributed by atoms with Crippen LogP contribution in [0.2, 0.25) is 0 Å². The number of allylic oxidation sites excluding steroid dienone is 1. The number of carbonyl (C=O) groups excluding carboxylic acids is 3. The number of ketones is 2. The second-order valence-electron chi connectivity index (χ2n) is 4.58. The van der Waals surface area contributed by atoms with E-state index in [2.05, 4.69) is 9.91 Å². The molecule has 0 bridgehead atoms. The average Bonchev–Trinajstić information content (AvgIpc) is 2.50. The molecule has 1 aliphatic carbocycles. The minimum absolute atomic E-state index is 0.192. The number of benzene rings is 1. The predicted molar refractivity (Wildman–Crippen MR) is 74.2 cm³/mol. The SMILES string of the molecule is COC(=O)C1=CC(=O)c2ccc(CCCN=O)cc2C1=O. The van der Waals surface area contributed by atoms with Crippen LogP contribution in [0, 0.1) is 4.91 Å². The second-order valence-corrected chi connectivity index (χ2v) is 4.58. The van der Waals surface area contributed by atoms with Crippen molar-refractivity contribution in [1.29, 1.82) is 0 Å². The van der Waals surface area contributed by atoms with E-state index in [1.165, 1.54) is 0 Å². The third-order valence-corrected chi connectivity index (χ3v) is 3.23. The molecule has 1 aliphatic rings. The van der Waals surface area contributed by atoms with Gasteiger partial charge in [0, 0.05) is 17.2 Å². The quantitative estimate of drug-likeness (QED) is 0.357. The van der Waals surface area contributed by atoms with Gasteiger partial charge in [-0.15, -0.1) is 0 Å². The summed E-state index contributed by atoms with van der Waals surface area (Å²) in [5.74, 6) is -1.74. The molecule has 6 heteroatoms. The predicted octanol–water partition coefficient (Wildman–Crippen LogP) is 1.86. The number of Topliss-reactive ketones (excluding diaryl/α,β-unsaturated/α-hetero) is 1. The van der Waals surface area contributed by atoms with Crippen molar-refractivity contribution in [2.75, 3.05) is 13.7 Å². The van der Waals surface area contributed by atoms with Crippen molar-refractivity contribution >= 4 is 17.5 Å². The topological polar surface area (TPSA) is 89.9 Å². The third-order valence-electron chi connectivity index (χ3n) is 3.23. The van der Waals surface area contributed by atoms with Gasteiger partial charge in [-0.3, -0.25) is 9.59 Å². The standard InChI is InChI=1S/C15H13NO5/c1-21-15(19)12-8-13(17)10-5-4-9(3-2-6-16-20)7-11(10)14(12)18/h4-5,7-8H,2-3,6H2,1H3. The molecule has 0 aromatic heterocycles. The molecule has 0 spiro atoms. The highest BCUT2D eigenvalue weighted by Crippen LogP contribution is 2.23.